The maximum Gasteiger partial charge on any atom is 0.144 e. The minimum Gasteiger partial charge on any atom is -0.310 e. The van der Waals surface area contributed by atoms with Crippen molar-refractivity contribution >= 4 is 29.3 Å². The van der Waals surface area contributed by atoms with Crippen molar-refractivity contribution in [1.82, 2.24) is 4.98 Å². The number of nitrogens with zero attached hydrogens (tertiary/aromatic N) is 2. The molecule has 0 saturated carbocycles. The molecular formula is C12H11N3S. The maximum atomic E-state index is 4.42. The van der Waals surface area contributed by atoms with Crippen LogP contribution in [-0.4, -0.2) is 4.98 Å². The van der Waals surface area contributed by atoms with E-state index in [-0.39, 0.29) is 0 Å². The molecule has 80 valence electrons. The van der Waals surface area contributed by atoms with Gasteiger partial charge >= 0.3 is 0 Å². The van der Waals surface area contributed by atoms with Crippen molar-refractivity contribution in [3.05, 3.63) is 48.2 Å². The quantitative estimate of drug-likeness (QED) is 0.757. The summed E-state index contributed by atoms with van der Waals surface area (Å²) in [4.78, 5) is 4.42. The van der Waals surface area contributed by atoms with E-state index in [1.807, 2.05) is 31.3 Å². The lowest BCUT2D eigenvalue weighted by atomic mass is 10.2. The van der Waals surface area contributed by atoms with Crippen molar-refractivity contribution in [3.63, 3.8) is 0 Å². The monoisotopic (exact) mass is 229 g/mol. The molecule has 0 bridgehead atoms. The molecule has 2 aromatic rings. The van der Waals surface area contributed by atoms with E-state index in [1.165, 1.54) is 5.56 Å². The SMILES string of the molecule is Cc1ccc(N2SNc3ccccc32)nc1. The van der Waals surface area contributed by atoms with Crippen LogP contribution in [0.5, 0.6) is 0 Å². The summed E-state index contributed by atoms with van der Waals surface area (Å²) >= 11 is 1.55. The van der Waals surface area contributed by atoms with Gasteiger partial charge in [0, 0.05) is 6.20 Å². The molecule has 0 radical (unpaired) electrons. The van der Waals surface area contributed by atoms with Gasteiger partial charge in [0.25, 0.3) is 0 Å². The number of anilines is 3. The van der Waals surface area contributed by atoms with Crippen molar-refractivity contribution in [3.8, 4) is 0 Å². The summed E-state index contributed by atoms with van der Waals surface area (Å²) in [5.41, 5.74) is 3.47. The molecule has 2 heterocycles. The Morgan fingerprint density at radius 1 is 1.19 bits per heavy atom. The Morgan fingerprint density at radius 3 is 2.88 bits per heavy atom. The number of hydrogen-bond donors (Lipinski definition) is 1. The van der Waals surface area contributed by atoms with E-state index in [0.29, 0.717) is 0 Å². The summed E-state index contributed by atoms with van der Waals surface area (Å²) in [7, 11) is 0. The van der Waals surface area contributed by atoms with Crippen LogP contribution in [0.1, 0.15) is 5.56 Å². The third-order valence-electron chi connectivity index (χ3n) is 2.47. The molecular weight excluding hydrogens is 218 g/mol. The summed E-state index contributed by atoms with van der Waals surface area (Å²) in [5, 5.41) is 0. The molecule has 1 N–H and O–H groups in total. The van der Waals surface area contributed by atoms with E-state index in [9.17, 15) is 0 Å². The van der Waals surface area contributed by atoms with Gasteiger partial charge in [-0.1, -0.05) is 18.2 Å². The van der Waals surface area contributed by atoms with E-state index in [1.54, 1.807) is 12.1 Å². The standard InChI is InChI=1S/C12H11N3S/c1-9-6-7-12(13-8-9)15-11-5-3-2-4-10(11)14-16-15/h2-8,14H,1H3. The highest BCUT2D eigenvalue weighted by atomic mass is 32.2. The van der Waals surface area contributed by atoms with Crippen LogP contribution >= 0.6 is 12.1 Å². The van der Waals surface area contributed by atoms with Gasteiger partial charge in [-0.25, -0.2) is 9.29 Å². The molecule has 1 aromatic heterocycles. The van der Waals surface area contributed by atoms with Crippen molar-refractivity contribution in [2.45, 2.75) is 6.92 Å². The van der Waals surface area contributed by atoms with E-state index < -0.39 is 0 Å². The average Bonchev–Trinajstić information content (AvgIpc) is 2.74. The summed E-state index contributed by atoms with van der Waals surface area (Å²) in [6, 6.07) is 12.3. The first kappa shape index (κ1) is 9.54. The zero-order chi connectivity index (χ0) is 11.0. The van der Waals surface area contributed by atoms with Crippen LogP contribution in [0.15, 0.2) is 42.6 Å². The van der Waals surface area contributed by atoms with Gasteiger partial charge in [0.05, 0.1) is 23.5 Å². The zero-order valence-electron chi connectivity index (χ0n) is 8.84. The molecule has 0 aliphatic carbocycles. The molecule has 1 aliphatic rings. The summed E-state index contributed by atoms with van der Waals surface area (Å²) in [6.45, 7) is 2.04. The van der Waals surface area contributed by atoms with Crippen LogP contribution in [0.25, 0.3) is 0 Å². The van der Waals surface area contributed by atoms with Crippen molar-refractivity contribution < 1.29 is 0 Å². The Bertz CT molecular complexity index is 510. The molecule has 0 atom stereocenters. The Kier molecular flexibility index (Phi) is 2.22. The van der Waals surface area contributed by atoms with Gasteiger partial charge in [-0.3, -0.25) is 0 Å². The third-order valence-corrected chi connectivity index (χ3v) is 3.35. The number of pyridine rings is 1. The van der Waals surface area contributed by atoms with Gasteiger partial charge in [-0.05, 0) is 30.7 Å². The number of aromatic nitrogens is 1. The lowest BCUT2D eigenvalue weighted by Gasteiger charge is -2.14. The first-order valence-corrected chi connectivity index (χ1v) is 5.87. The summed E-state index contributed by atoms with van der Waals surface area (Å²) < 4.78 is 5.36. The van der Waals surface area contributed by atoms with Gasteiger partial charge in [0.15, 0.2) is 0 Å². The lowest BCUT2D eigenvalue weighted by molar-refractivity contribution is 1.23. The highest BCUT2D eigenvalue weighted by Gasteiger charge is 2.21. The van der Waals surface area contributed by atoms with Crippen LogP contribution in [0.4, 0.5) is 17.2 Å². The van der Waals surface area contributed by atoms with Gasteiger partial charge in [0.2, 0.25) is 0 Å². The van der Waals surface area contributed by atoms with E-state index >= 15 is 0 Å². The van der Waals surface area contributed by atoms with Gasteiger partial charge in [-0.15, -0.1) is 0 Å². The second-order valence-corrected chi connectivity index (χ2v) is 4.45. The second kappa shape index (κ2) is 3.72. The molecule has 0 amide bonds. The van der Waals surface area contributed by atoms with Crippen LogP contribution < -0.4 is 9.03 Å². The number of rotatable bonds is 1. The van der Waals surface area contributed by atoms with E-state index in [2.05, 4.69) is 32.2 Å². The molecule has 3 nitrogen and oxygen atoms in total. The van der Waals surface area contributed by atoms with Crippen LogP contribution in [0.2, 0.25) is 0 Å². The lowest BCUT2D eigenvalue weighted by Crippen LogP contribution is -2.04. The number of para-hydroxylation sites is 2. The fraction of sp³-hybridized carbons (Fsp3) is 0.0833. The second-order valence-electron chi connectivity index (χ2n) is 3.70. The smallest absolute Gasteiger partial charge is 0.144 e. The average molecular weight is 229 g/mol. The van der Waals surface area contributed by atoms with Crippen molar-refractivity contribution in [2.24, 2.45) is 0 Å². The Morgan fingerprint density at radius 2 is 2.06 bits per heavy atom. The minimum atomic E-state index is 0.952. The molecule has 1 aromatic carbocycles. The van der Waals surface area contributed by atoms with E-state index in [0.717, 1.165) is 17.2 Å². The van der Waals surface area contributed by atoms with Crippen LogP contribution in [0, 0.1) is 6.92 Å². The predicted octanol–water partition coefficient (Wildman–Crippen LogP) is 3.52. The number of aryl methyl sites for hydroxylation is 1. The number of fused-ring (bicyclic) bond motifs is 1. The molecule has 4 heteroatoms. The maximum absolute atomic E-state index is 4.42. The number of hydrogen-bond acceptors (Lipinski definition) is 4. The minimum absolute atomic E-state index is 0.952. The largest absolute Gasteiger partial charge is 0.310 e. The molecule has 0 spiro atoms. The number of nitrogens with one attached hydrogen (secondary N) is 1. The molecule has 0 unspecified atom stereocenters. The number of benzene rings is 1. The molecule has 0 saturated heterocycles. The van der Waals surface area contributed by atoms with Crippen molar-refractivity contribution in [2.75, 3.05) is 9.03 Å². The highest BCUT2D eigenvalue weighted by Crippen LogP contribution is 2.43. The van der Waals surface area contributed by atoms with Gasteiger partial charge < -0.3 is 4.72 Å². The van der Waals surface area contributed by atoms with Gasteiger partial charge in [0.1, 0.15) is 5.82 Å². The van der Waals surface area contributed by atoms with Crippen LogP contribution in [-0.2, 0) is 0 Å². The fourth-order valence-corrected chi connectivity index (χ4v) is 2.45. The Labute approximate surface area is 98.8 Å². The summed E-state index contributed by atoms with van der Waals surface area (Å²) in [6.07, 6.45) is 1.89. The Hall–Kier alpha value is -1.68. The predicted molar refractivity (Wildman–Crippen MR) is 68.8 cm³/mol. The Balaban J connectivity index is 2.01. The third kappa shape index (κ3) is 1.51. The summed E-state index contributed by atoms with van der Waals surface area (Å²) in [5.74, 6) is 0.952. The van der Waals surface area contributed by atoms with Crippen LogP contribution in [0.3, 0.4) is 0 Å². The molecule has 3 rings (SSSR count). The topological polar surface area (TPSA) is 28.2 Å². The first-order chi connectivity index (χ1) is 7.84. The normalized spacial score (nSPS) is 13.4. The molecule has 16 heavy (non-hydrogen) atoms. The first-order valence-electron chi connectivity index (χ1n) is 5.09. The van der Waals surface area contributed by atoms with E-state index in [4.69, 9.17) is 0 Å². The fourth-order valence-electron chi connectivity index (χ4n) is 1.63. The van der Waals surface area contributed by atoms with Crippen molar-refractivity contribution in [1.29, 1.82) is 0 Å². The zero-order valence-corrected chi connectivity index (χ0v) is 9.66. The molecule has 1 aliphatic heterocycles. The molecule has 0 fully saturated rings. The highest BCUT2D eigenvalue weighted by molar-refractivity contribution is 8.02. The van der Waals surface area contributed by atoms with Gasteiger partial charge in [-0.2, -0.15) is 0 Å².